The third-order valence-electron chi connectivity index (χ3n) is 5.12. The highest BCUT2D eigenvalue weighted by atomic mass is 35.5. The first kappa shape index (κ1) is 18.4. The number of H-pyrrole nitrogens is 1. The van der Waals surface area contributed by atoms with E-state index in [9.17, 15) is 9.59 Å². The largest absolute Gasteiger partial charge is 0.478 e. The molecule has 2 aliphatic rings. The van der Waals surface area contributed by atoms with E-state index in [1.54, 1.807) is 6.92 Å². The Morgan fingerprint density at radius 3 is 2.44 bits per heavy atom. The lowest BCUT2D eigenvalue weighted by Crippen LogP contribution is -2.35. The summed E-state index contributed by atoms with van der Waals surface area (Å²) in [6.07, 6.45) is 0. The van der Waals surface area contributed by atoms with E-state index in [-0.39, 0.29) is 45.2 Å². The number of aryl methyl sites for hydroxylation is 1. The molecular formula is C17H15Cl3N4O3. The zero-order valence-corrected chi connectivity index (χ0v) is 16.4. The summed E-state index contributed by atoms with van der Waals surface area (Å²) in [5.41, 5.74) is 1.02. The van der Waals surface area contributed by atoms with Crippen LogP contribution in [0.5, 0.6) is 0 Å². The second-order valence-corrected chi connectivity index (χ2v) is 7.97. The van der Waals surface area contributed by atoms with Gasteiger partial charge in [-0.05, 0) is 19.1 Å². The SMILES string of the molecule is Cc1[nH]c(C(=O)NC2[C@H]3CN(c4cc(C(=O)O)cc(Cl)n4)C[C@@H]23)c(Cl)c1Cl. The van der Waals surface area contributed by atoms with Crippen molar-refractivity contribution >= 4 is 52.5 Å². The van der Waals surface area contributed by atoms with Gasteiger partial charge in [-0.25, -0.2) is 9.78 Å². The van der Waals surface area contributed by atoms with E-state index in [0.717, 1.165) is 0 Å². The van der Waals surface area contributed by atoms with Crippen LogP contribution in [0.3, 0.4) is 0 Å². The van der Waals surface area contributed by atoms with E-state index in [4.69, 9.17) is 39.9 Å². The number of aromatic carboxylic acids is 1. The summed E-state index contributed by atoms with van der Waals surface area (Å²) in [5.74, 6) is -0.254. The van der Waals surface area contributed by atoms with Gasteiger partial charge in [0.1, 0.15) is 16.7 Å². The molecule has 1 saturated heterocycles. The summed E-state index contributed by atoms with van der Waals surface area (Å²) < 4.78 is 0. The van der Waals surface area contributed by atoms with Crippen molar-refractivity contribution in [2.24, 2.45) is 11.8 Å². The minimum atomic E-state index is -1.05. The van der Waals surface area contributed by atoms with Gasteiger partial charge in [-0.2, -0.15) is 0 Å². The molecule has 0 radical (unpaired) electrons. The molecule has 2 fully saturated rings. The number of aromatic amines is 1. The maximum Gasteiger partial charge on any atom is 0.335 e. The van der Waals surface area contributed by atoms with E-state index in [2.05, 4.69) is 15.3 Å². The number of nitrogens with zero attached hydrogens (tertiary/aromatic N) is 2. The number of carboxylic acids is 1. The van der Waals surface area contributed by atoms with E-state index in [0.29, 0.717) is 29.6 Å². The first-order valence-electron chi connectivity index (χ1n) is 8.26. The van der Waals surface area contributed by atoms with Crippen molar-refractivity contribution in [2.45, 2.75) is 13.0 Å². The van der Waals surface area contributed by atoms with Gasteiger partial charge in [-0.3, -0.25) is 4.79 Å². The van der Waals surface area contributed by atoms with Crippen LogP contribution in [0, 0.1) is 18.8 Å². The van der Waals surface area contributed by atoms with Crippen LogP contribution in [0.1, 0.15) is 26.5 Å². The van der Waals surface area contributed by atoms with Crippen molar-refractivity contribution in [3.8, 4) is 0 Å². The molecule has 3 atom stereocenters. The number of carboxylic acid groups (broad SMARTS) is 1. The van der Waals surface area contributed by atoms with Crippen molar-refractivity contribution in [3.63, 3.8) is 0 Å². The Balaban J connectivity index is 1.41. The van der Waals surface area contributed by atoms with Crippen LogP contribution >= 0.6 is 34.8 Å². The summed E-state index contributed by atoms with van der Waals surface area (Å²) in [7, 11) is 0. The summed E-state index contributed by atoms with van der Waals surface area (Å²) in [6.45, 7) is 3.08. The molecule has 1 aliphatic carbocycles. The molecule has 4 rings (SSSR count). The fraction of sp³-hybridized carbons (Fsp3) is 0.353. The monoisotopic (exact) mass is 428 g/mol. The van der Waals surface area contributed by atoms with Gasteiger partial charge in [-0.15, -0.1) is 0 Å². The minimum absolute atomic E-state index is 0.0466. The summed E-state index contributed by atoms with van der Waals surface area (Å²) in [6, 6.07) is 2.88. The number of nitrogens with one attached hydrogen (secondary N) is 2. The first-order valence-corrected chi connectivity index (χ1v) is 9.40. The third-order valence-corrected chi connectivity index (χ3v) is 6.27. The Morgan fingerprint density at radius 2 is 1.89 bits per heavy atom. The van der Waals surface area contributed by atoms with Crippen molar-refractivity contribution in [1.82, 2.24) is 15.3 Å². The Hall–Kier alpha value is -1.96. The number of hydrogen-bond donors (Lipinski definition) is 3. The molecule has 0 bridgehead atoms. The van der Waals surface area contributed by atoms with Crippen LogP contribution < -0.4 is 10.2 Å². The molecule has 142 valence electrons. The highest BCUT2D eigenvalue weighted by Crippen LogP contribution is 2.47. The number of fused-ring (bicyclic) bond motifs is 1. The topological polar surface area (TPSA) is 98.3 Å². The lowest BCUT2D eigenvalue weighted by Gasteiger charge is -2.21. The molecule has 2 aromatic rings. The van der Waals surface area contributed by atoms with E-state index in [1.165, 1.54) is 12.1 Å². The number of carbonyl (C=O) groups is 2. The quantitative estimate of drug-likeness (QED) is 0.648. The lowest BCUT2D eigenvalue weighted by molar-refractivity contribution is 0.0696. The normalized spacial score (nSPS) is 23.3. The maximum absolute atomic E-state index is 12.4. The molecule has 27 heavy (non-hydrogen) atoms. The number of piperidine rings is 1. The maximum atomic E-state index is 12.4. The van der Waals surface area contributed by atoms with Gasteiger partial charge in [0, 0.05) is 36.7 Å². The predicted octanol–water partition coefficient (Wildman–Crippen LogP) is 3.24. The summed E-state index contributed by atoms with van der Waals surface area (Å²) >= 11 is 18.0. The van der Waals surface area contributed by atoms with Crippen molar-refractivity contribution < 1.29 is 14.7 Å². The van der Waals surface area contributed by atoms with Crippen LogP contribution in [0.2, 0.25) is 15.2 Å². The summed E-state index contributed by atoms with van der Waals surface area (Å²) in [5, 5.41) is 12.9. The molecule has 1 saturated carbocycles. The van der Waals surface area contributed by atoms with Crippen LogP contribution in [0.15, 0.2) is 12.1 Å². The Labute approximate surface area is 169 Å². The fourth-order valence-corrected chi connectivity index (χ4v) is 4.27. The molecular weight excluding hydrogens is 415 g/mol. The van der Waals surface area contributed by atoms with Crippen LogP contribution in [-0.4, -0.2) is 46.1 Å². The molecule has 3 N–H and O–H groups in total. The Bertz CT molecular complexity index is 949. The standard InChI is InChI=1S/C17H15Cl3N4O3/c1-6-12(19)13(20)15(21-6)16(25)23-14-8-4-24(5-9(8)14)11-3-7(17(26)27)2-10(18)22-11/h2-3,8-9,14,21H,4-5H2,1H3,(H,23,25)(H,26,27)/t8-,9+,14?. The van der Waals surface area contributed by atoms with Gasteiger partial charge in [0.05, 0.1) is 15.6 Å². The number of pyridine rings is 1. The van der Waals surface area contributed by atoms with Crippen molar-refractivity contribution in [3.05, 3.63) is 44.3 Å². The van der Waals surface area contributed by atoms with Crippen molar-refractivity contribution in [2.75, 3.05) is 18.0 Å². The summed E-state index contributed by atoms with van der Waals surface area (Å²) in [4.78, 5) is 32.7. The second kappa shape index (κ2) is 6.58. The number of amides is 1. The molecule has 1 aliphatic heterocycles. The van der Waals surface area contributed by atoms with Crippen molar-refractivity contribution in [1.29, 1.82) is 0 Å². The zero-order valence-electron chi connectivity index (χ0n) is 14.1. The molecule has 0 aromatic carbocycles. The average molecular weight is 430 g/mol. The zero-order chi connectivity index (χ0) is 19.5. The smallest absolute Gasteiger partial charge is 0.335 e. The highest BCUT2D eigenvalue weighted by molar-refractivity contribution is 6.44. The molecule has 7 nitrogen and oxygen atoms in total. The molecule has 3 heterocycles. The van der Waals surface area contributed by atoms with Crippen LogP contribution in [0.4, 0.5) is 5.82 Å². The number of anilines is 1. The van der Waals surface area contributed by atoms with Crippen LogP contribution in [-0.2, 0) is 0 Å². The van der Waals surface area contributed by atoms with Gasteiger partial charge in [0.25, 0.3) is 5.91 Å². The van der Waals surface area contributed by atoms with Gasteiger partial charge in [-0.1, -0.05) is 34.8 Å². The molecule has 1 amide bonds. The molecule has 2 aromatic heterocycles. The third kappa shape index (κ3) is 3.24. The van der Waals surface area contributed by atoms with Gasteiger partial charge in [0.15, 0.2) is 0 Å². The predicted molar refractivity (Wildman–Crippen MR) is 102 cm³/mol. The average Bonchev–Trinajstić information content (AvgIpc) is 2.95. The number of carbonyl (C=O) groups excluding carboxylic acids is 1. The highest BCUT2D eigenvalue weighted by Gasteiger charge is 2.57. The Kier molecular flexibility index (Phi) is 4.49. The molecule has 1 unspecified atom stereocenters. The minimum Gasteiger partial charge on any atom is -0.478 e. The number of rotatable bonds is 4. The van der Waals surface area contributed by atoms with E-state index >= 15 is 0 Å². The first-order chi connectivity index (χ1) is 12.8. The number of aromatic nitrogens is 2. The Morgan fingerprint density at radius 1 is 1.22 bits per heavy atom. The van der Waals surface area contributed by atoms with Gasteiger partial charge >= 0.3 is 5.97 Å². The van der Waals surface area contributed by atoms with Gasteiger partial charge < -0.3 is 20.3 Å². The molecule has 10 heteroatoms. The van der Waals surface area contributed by atoms with E-state index in [1.807, 2.05) is 4.90 Å². The lowest BCUT2D eigenvalue weighted by atomic mass is 10.2. The van der Waals surface area contributed by atoms with Gasteiger partial charge in [0.2, 0.25) is 0 Å². The second-order valence-electron chi connectivity index (χ2n) is 6.83. The fourth-order valence-electron chi connectivity index (χ4n) is 3.65. The molecule has 0 spiro atoms. The number of hydrogen-bond acceptors (Lipinski definition) is 4. The van der Waals surface area contributed by atoms with Crippen LogP contribution in [0.25, 0.3) is 0 Å². The van der Waals surface area contributed by atoms with E-state index < -0.39 is 5.97 Å². The number of halogens is 3.